The first-order chi connectivity index (χ1) is 14.1. The van der Waals surface area contributed by atoms with Crippen LogP contribution in [0.25, 0.3) is 11.3 Å². The minimum absolute atomic E-state index is 0.114. The van der Waals surface area contributed by atoms with Gasteiger partial charge >= 0.3 is 0 Å². The molecular formula is C22H25N5O2. The van der Waals surface area contributed by atoms with Gasteiger partial charge in [0.15, 0.2) is 0 Å². The van der Waals surface area contributed by atoms with Crippen LogP contribution in [0, 0.1) is 13.8 Å². The predicted molar refractivity (Wildman–Crippen MR) is 112 cm³/mol. The maximum atomic E-state index is 12.7. The zero-order valence-electron chi connectivity index (χ0n) is 16.7. The molecule has 0 saturated carbocycles. The summed E-state index contributed by atoms with van der Waals surface area (Å²) >= 11 is 0. The van der Waals surface area contributed by atoms with Crippen LogP contribution in [0.3, 0.4) is 0 Å². The second kappa shape index (κ2) is 8.45. The second-order valence-corrected chi connectivity index (χ2v) is 7.23. The van der Waals surface area contributed by atoms with E-state index in [9.17, 15) is 4.79 Å². The number of aromatic amines is 1. The van der Waals surface area contributed by atoms with E-state index in [-0.39, 0.29) is 12.0 Å². The molecule has 4 rings (SSSR count). The maximum absolute atomic E-state index is 12.7. The monoisotopic (exact) mass is 391 g/mol. The molecule has 29 heavy (non-hydrogen) atoms. The number of hydrogen-bond acceptors (Lipinski definition) is 5. The van der Waals surface area contributed by atoms with E-state index in [1.54, 1.807) is 6.20 Å². The average molecular weight is 391 g/mol. The normalized spacial score (nSPS) is 16.0. The Balaban J connectivity index is 1.54. The van der Waals surface area contributed by atoms with E-state index >= 15 is 0 Å². The molecule has 1 amide bonds. The van der Waals surface area contributed by atoms with Crippen molar-refractivity contribution in [3.63, 3.8) is 0 Å². The molecule has 150 valence electrons. The highest BCUT2D eigenvalue weighted by molar-refractivity contribution is 5.96. The van der Waals surface area contributed by atoms with Gasteiger partial charge in [-0.2, -0.15) is 0 Å². The van der Waals surface area contributed by atoms with Crippen molar-refractivity contribution in [1.29, 1.82) is 0 Å². The Bertz CT molecular complexity index is 994. The number of rotatable bonds is 6. The van der Waals surface area contributed by atoms with Gasteiger partial charge in [0.2, 0.25) is 5.95 Å². The molecule has 1 aliphatic rings. The largest absolute Gasteiger partial charge is 0.376 e. The standard InChI is InChI=1S/C22H25N5O2/c1-14-19(15(2)25-20(14)21(28)24-13-17-9-6-12-29-17)18-10-11-23-22(27-18)26-16-7-4-3-5-8-16/h3-5,7-8,10-11,17,25H,6,9,12-13H2,1-2H3,(H,24,28)(H,23,26,27). The third-order valence-corrected chi connectivity index (χ3v) is 5.12. The number of aromatic nitrogens is 3. The Morgan fingerprint density at radius 1 is 1.24 bits per heavy atom. The van der Waals surface area contributed by atoms with Crippen LogP contribution in [-0.4, -0.2) is 40.1 Å². The van der Waals surface area contributed by atoms with Gasteiger partial charge in [-0.25, -0.2) is 9.97 Å². The highest BCUT2D eigenvalue weighted by Crippen LogP contribution is 2.29. The number of benzene rings is 1. The lowest BCUT2D eigenvalue weighted by Crippen LogP contribution is -2.32. The van der Waals surface area contributed by atoms with E-state index in [4.69, 9.17) is 4.74 Å². The van der Waals surface area contributed by atoms with E-state index in [0.717, 1.165) is 47.7 Å². The summed E-state index contributed by atoms with van der Waals surface area (Å²) in [5, 5.41) is 6.19. The van der Waals surface area contributed by atoms with Crippen LogP contribution in [0.15, 0.2) is 42.6 Å². The first-order valence-corrected chi connectivity index (χ1v) is 9.86. The van der Waals surface area contributed by atoms with Crippen LogP contribution in [0.1, 0.15) is 34.6 Å². The number of ether oxygens (including phenoxy) is 1. The SMILES string of the molecule is Cc1[nH]c(C(=O)NCC2CCCO2)c(C)c1-c1ccnc(Nc2ccccc2)n1. The highest BCUT2D eigenvalue weighted by Gasteiger charge is 2.21. The molecule has 3 heterocycles. The first-order valence-electron chi connectivity index (χ1n) is 9.86. The Morgan fingerprint density at radius 3 is 2.83 bits per heavy atom. The lowest BCUT2D eigenvalue weighted by atomic mass is 10.1. The molecule has 7 nitrogen and oxygen atoms in total. The van der Waals surface area contributed by atoms with Crippen LogP contribution in [-0.2, 0) is 4.74 Å². The molecule has 1 unspecified atom stereocenters. The number of nitrogens with one attached hydrogen (secondary N) is 3. The molecule has 3 aromatic rings. The zero-order chi connectivity index (χ0) is 20.2. The second-order valence-electron chi connectivity index (χ2n) is 7.23. The van der Waals surface area contributed by atoms with Crippen LogP contribution >= 0.6 is 0 Å². The summed E-state index contributed by atoms with van der Waals surface area (Å²) in [7, 11) is 0. The summed E-state index contributed by atoms with van der Waals surface area (Å²) in [5.41, 5.74) is 4.94. The van der Waals surface area contributed by atoms with Crippen LogP contribution in [0.2, 0.25) is 0 Å². The topological polar surface area (TPSA) is 91.9 Å². The molecule has 0 aliphatic carbocycles. The molecule has 3 N–H and O–H groups in total. The minimum Gasteiger partial charge on any atom is -0.376 e. The van der Waals surface area contributed by atoms with Gasteiger partial charge in [-0.3, -0.25) is 4.79 Å². The summed E-state index contributed by atoms with van der Waals surface area (Å²) in [4.78, 5) is 24.9. The molecule has 0 spiro atoms. The predicted octanol–water partition coefficient (Wildman–Crippen LogP) is 3.74. The lowest BCUT2D eigenvalue weighted by molar-refractivity contribution is 0.0853. The summed E-state index contributed by atoms with van der Waals surface area (Å²) in [6, 6.07) is 11.6. The number of hydrogen-bond donors (Lipinski definition) is 3. The number of aryl methyl sites for hydroxylation is 1. The van der Waals surface area contributed by atoms with Crippen molar-refractivity contribution in [2.45, 2.75) is 32.8 Å². The summed E-state index contributed by atoms with van der Waals surface area (Å²) in [6.07, 6.45) is 3.88. The van der Waals surface area contributed by atoms with Crippen molar-refractivity contribution in [2.75, 3.05) is 18.5 Å². The van der Waals surface area contributed by atoms with Gasteiger partial charge in [-0.1, -0.05) is 18.2 Å². The van der Waals surface area contributed by atoms with Gasteiger partial charge in [-0.05, 0) is 50.5 Å². The fourth-order valence-corrected chi connectivity index (χ4v) is 3.67. The number of H-pyrrole nitrogens is 1. The van der Waals surface area contributed by atoms with Gasteiger partial charge in [0.1, 0.15) is 5.69 Å². The number of para-hydroxylation sites is 1. The van der Waals surface area contributed by atoms with E-state index in [2.05, 4.69) is 25.6 Å². The quantitative estimate of drug-likeness (QED) is 0.595. The summed E-state index contributed by atoms with van der Waals surface area (Å²) in [6.45, 7) is 5.19. The fourth-order valence-electron chi connectivity index (χ4n) is 3.67. The molecule has 1 aliphatic heterocycles. The van der Waals surface area contributed by atoms with Gasteiger partial charge in [0.25, 0.3) is 5.91 Å². The molecule has 1 fully saturated rings. The molecule has 1 aromatic carbocycles. The average Bonchev–Trinajstić information content (AvgIpc) is 3.35. The van der Waals surface area contributed by atoms with Crippen molar-refractivity contribution in [3.05, 3.63) is 59.5 Å². The zero-order valence-corrected chi connectivity index (χ0v) is 16.7. The van der Waals surface area contributed by atoms with Crippen molar-refractivity contribution in [2.24, 2.45) is 0 Å². The van der Waals surface area contributed by atoms with Crippen LogP contribution < -0.4 is 10.6 Å². The summed E-state index contributed by atoms with van der Waals surface area (Å²) in [5.74, 6) is 0.391. The minimum atomic E-state index is -0.121. The highest BCUT2D eigenvalue weighted by atomic mass is 16.5. The smallest absolute Gasteiger partial charge is 0.268 e. The molecule has 1 atom stereocenters. The van der Waals surface area contributed by atoms with E-state index in [0.29, 0.717) is 18.2 Å². The number of amides is 1. The molecular weight excluding hydrogens is 366 g/mol. The van der Waals surface area contributed by atoms with E-state index < -0.39 is 0 Å². The van der Waals surface area contributed by atoms with Crippen molar-refractivity contribution >= 4 is 17.5 Å². The van der Waals surface area contributed by atoms with Gasteiger partial charge in [0, 0.05) is 36.3 Å². The lowest BCUT2D eigenvalue weighted by Gasteiger charge is -2.10. The molecule has 7 heteroatoms. The molecule has 1 saturated heterocycles. The fraction of sp³-hybridized carbons (Fsp3) is 0.318. The van der Waals surface area contributed by atoms with Crippen molar-refractivity contribution in [1.82, 2.24) is 20.3 Å². The van der Waals surface area contributed by atoms with Gasteiger partial charge in [-0.15, -0.1) is 0 Å². The third-order valence-electron chi connectivity index (χ3n) is 5.12. The van der Waals surface area contributed by atoms with Gasteiger partial charge in [0.05, 0.1) is 11.8 Å². The number of carbonyl (C=O) groups excluding carboxylic acids is 1. The van der Waals surface area contributed by atoms with Crippen molar-refractivity contribution in [3.8, 4) is 11.3 Å². The van der Waals surface area contributed by atoms with Crippen LogP contribution in [0.4, 0.5) is 11.6 Å². The van der Waals surface area contributed by atoms with E-state index in [1.165, 1.54) is 0 Å². The van der Waals surface area contributed by atoms with Gasteiger partial charge < -0.3 is 20.4 Å². The molecule has 0 radical (unpaired) electrons. The maximum Gasteiger partial charge on any atom is 0.268 e. The number of nitrogens with zero attached hydrogens (tertiary/aromatic N) is 2. The first kappa shape index (κ1) is 19.1. The third kappa shape index (κ3) is 4.30. The Kier molecular flexibility index (Phi) is 5.57. The summed E-state index contributed by atoms with van der Waals surface area (Å²) < 4.78 is 5.58. The Labute approximate surface area is 169 Å². The molecule has 0 bridgehead atoms. The Morgan fingerprint density at radius 2 is 2.07 bits per heavy atom. The van der Waals surface area contributed by atoms with Crippen molar-refractivity contribution < 1.29 is 9.53 Å². The molecule has 2 aromatic heterocycles. The van der Waals surface area contributed by atoms with Crippen LogP contribution in [0.5, 0.6) is 0 Å². The number of anilines is 2. The van der Waals surface area contributed by atoms with E-state index in [1.807, 2.05) is 50.2 Å². The Hall–Kier alpha value is -3.19. The number of carbonyl (C=O) groups is 1.